The normalized spacial score (nSPS) is 12.4. The minimum Gasteiger partial charge on any atom is -0.395 e. The first-order chi connectivity index (χ1) is 8.62. The minimum atomic E-state index is -1.87. The zero-order valence-corrected chi connectivity index (χ0v) is 13.8. The first-order valence-electron chi connectivity index (χ1n) is 7.51. The largest absolute Gasteiger partial charge is 0.395 e. The molecule has 0 aromatic heterocycles. The average molecular weight is 273 g/mol. The molecule has 0 spiro atoms. The van der Waals surface area contributed by atoms with E-state index in [0.717, 1.165) is 6.61 Å². The van der Waals surface area contributed by atoms with Crippen LogP contribution in [0.5, 0.6) is 0 Å². The van der Waals surface area contributed by atoms with Crippen LogP contribution >= 0.6 is 0 Å². The molecule has 0 radical (unpaired) electrons. The van der Waals surface area contributed by atoms with Gasteiger partial charge in [0.1, 0.15) is 0 Å². The standard InChI is InChI=1S/C15H32O2Si/c1-5-7-9-10-11-12-13-15-17-18(3,4)16-14-8-6-2/h6,8H,5,7,9-15H2,1-4H3/b8-6+. The molecule has 0 aromatic carbocycles. The Labute approximate surface area is 115 Å². The fourth-order valence-corrected chi connectivity index (χ4v) is 2.98. The van der Waals surface area contributed by atoms with E-state index in [9.17, 15) is 0 Å². The molecule has 0 heterocycles. The van der Waals surface area contributed by atoms with Gasteiger partial charge in [0.2, 0.25) is 0 Å². The van der Waals surface area contributed by atoms with Gasteiger partial charge in [-0.25, -0.2) is 0 Å². The van der Waals surface area contributed by atoms with Gasteiger partial charge in [-0.2, -0.15) is 0 Å². The van der Waals surface area contributed by atoms with Crippen LogP contribution in [0, 0.1) is 0 Å². The second kappa shape index (κ2) is 11.9. The van der Waals surface area contributed by atoms with Gasteiger partial charge in [0.15, 0.2) is 0 Å². The molecule has 0 atom stereocenters. The first-order valence-corrected chi connectivity index (χ1v) is 10.3. The summed E-state index contributed by atoms with van der Waals surface area (Å²) in [6.45, 7) is 10.1. The third-order valence-corrected chi connectivity index (χ3v) is 4.72. The summed E-state index contributed by atoms with van der Waals surface area (Å²) in [7, 11) is -1.87. The summed E-state index contributed by atoms with van der Waals surface area (Å²) in [6, 6.07) is 0. The van der Waals surface area contributed by atoms with Crippen LogP contribution < -0.4 is 0 Å². The lowest BCUT2D eigenvalue weighted by Crippen LogP contribution is -2.35. The molecule has 0 saturated carbocycles. The van der Waals surface area contributed by atoms with Gasteiger partial charge in [-0.05, 0) is 26.4 Å². The molecule has 18 heavy (non-hydrogen) atoms. The molecule has 0 N–H and O–H groups in total. The molecule has 0 aliphatic heterocycles. The van der Waals surface area contributed by atoms with E-state index >= 15 is 0 Å². The van der Waals surface area contributed by atoms with Crippen molar-refractivity contribution in [3.05, 3.63) is 12.2 Å². The Morgan fingerprint density at radius 3 is 2.11 bits per heavy atom. The van der Waals surface area contributed by atoms with E-state index in [0.29, 0.717) is 6.61 Å². The van der Waals surface area contributed by atoms with E-state index in [4.69, 9.17) is 8.85 Å². The molecular formula is C15H32O2Si. The molecule has 0 rings (SSSR count). The number of hydrogen-bond acceptors (Lipinski definition) is 2. The third-order valence-electron chi connectivity index (χ3n) is 2.96. The topological polar surface area (TPSA) is 18.5 Å². The second-order valence-electron chi connectivity index (χ2n) is 5.25. The van der Waals surface area contributed by atoms with Gasteiger partial charge in [0.05, 0.1) is 6.61 Å². The minimum absolute atomic E-state index is 0.687. The van der Waals surface area contributed by atoms with Crippen LogP contribution in [0.15, 0.2) is 12.2 Å². The Kier molecular flexibility index (Phi) is 11.9. The monoisotopic (exact) mass is 272 g/mol. The SMILES string of the molecule is C/C=C/CO[Si](C)(C)OCCCCCCCCC. The molecule has 0 amide bonds. The second-order valence-corrected chi connectivity index (χ2v) is 8.63. The smallest absolute Gasteiger partial charge is 0.331 e. The van der Waals surface area contributed by atoms with Crippen LogP contribution in [0.3, 0.4) is 0 Å². The number of allylic oxidation sites excluding steroid dienone is 1. The Morgan fingerprint density at radius 1 is 0.889 bits per heavy atom. The van der Waals surface area contributed by atoms with Crippen molar-refractivity contribution in [2.75, 3.05) is 13.2 Å². The summed E-state index contributed by atoms with van der Waals surface area (Å²) in [5.41, 5.74) is 0. The quantitative estimate of drug-likeness (QED) is 0.281. The van der Waals surface area contributed by atoms with Crippen molar-refractivity contribution >= 4 is 8.56 Å². The highest BCUT2D eigenvalue weighted by Crippen LogP contribution is 2.10. The molecule has 0 aliphatic carbocycles. The number of unbranched alkanes of at least 4 members (excludes halogenated alkanes) is 6. The van der Waals surface area contributed by atoms with Crippen molar-refractivity contribution < 1.29 is 8.85 Å². The lowest BCUT2D eigenvalue weighted by Gasteiger charge is -2.22. The molecular weight excluding hydrogens is 240 g/mol. The van der Waals surface area contributed by atoms with E-state index in [2.05, 4.69) is 20.0 Å². The van der Waals surface area contributed by atoms with Gasteiger partial charge < -0.3 is 8.85 Å². The van der Waals surface area contributed by atoms with Crippen LogP contribution in [0.4, 0.5) is 0 Å². The van der Waals surface area contributed by atoms with Crippen LogP contribution in [-0.2, 0) is 8.85 Å². The average Bonchev–Trinajstić information content (AvgIpc) is 2.33. The summed E-state index contributed by atoms with van der Waals surface area (Å²) in [6.07, 6.45) is 13.4. The van der Waals surface area contributed by atoms with Crippen molar-refractivity contribution in [1.29, 1.82) is 0 Å². The van der Waals surface area contributed by atoms with Crippen LogP contribution in [0.1, 0.15) is 58.8 Å². The zero-order valence-electron chi connectivity index (χ0n) is 12.8. The fraction of sp³-hybridized carbons (Fsp3) is 0.867. The predicted octanol–water partition coefficient (Wildman–Crippen LogP) is 5.05. The van der Waals surface area contributed by atoms with Crippen molar-refractivity contribution in [3.8, 4) is 0 Å². The predicted molar refractivity (Wildman–Crippen MR) is 82.2 cm³/mol. The van der Waals surface area contributed by atoms with Crippen LogP contribution in [0.2, 0.25) is 13.1 Å². The molecule has 0 bridgehead atoms. The van der Waals surface area contributed by atoms with Crippen molar-refractivity contribution in [2.24, 2.45) is 0 Å². The van der Waals surface area contributed by atoms with Crippen molar-refractivity contribution in [2.45, 2.75) is 71.9 Å². The maximum Gasteiger partial charge on any atom is 0.331 e. The van der Waals surface area contributed by atoms with Gasteiger partial charge in [0, 0.05) is 6.61 Å². The lowest BCUT2D eigenvalue weighted by molar-refractivity contribution is 0.190. The summed E-state index contributed by atoms with van der Waals surface area (Å²) >= 11 is 0. The van der Waals surface area contributed by atoms with Crippen LogP contribution in [-0.4, -0.2) is 21.8 Å². The van der Waals surface area contributed by atoms with Gasteiger partial charge in [-0.3, -0.25) is 0 Å². The van der Waals surface area contributed by atoms with E-state index < -0.39 is 8.56 Å². The van der Waals surface area contributed by atoms with Crippen LogP contribution in [0.25, 0.3) is 0 Å². The number of hydrogen-bond donors (Lipinski definition) is 0. The van der Waals surface area contributed by atoms with E-state index in [1.165, 1.54) is 44.9 Å². The highest BCUT2D eigenvalue weighted by molar-refractivity contribution is 6.64. The maximum absolute atomic E-state index is 5.89. The molecule has 3 heteroatoms. The third kappa shape index (κ3) is 12.3. The number of rotatable bonds is 12. The first kappa shape index (κ1) is 17.9. The van der Waals surface area contributed by atoms with Crippen molar-refractivity contribution in [1.82, 2.24) is 0 Å². The maximum atomic E-state index is 5.89. The zero-order chi connectivity index (χ0) is 13.7. The highest BCUT2D eigenvalue weighted by atomic mass is 28.4. The van der Waals surface area contributed by atoms with Crippen molar-refractivity contribution in [3.63, 3.8) is 0 Å². The molecule has 0 aliphatic rings. The Morgan fingerprint density at radius 2 is 1.50 bits per heavy atom. The highest BCUT2D eigenvalue weighted by Gasteiger charge is 2.23. The molecule has 2 nitrogen and oxygen atoms in total. The summed E-state index contributed by atoms with van der Waals surface area (Å²) in [4.78, 5) is 0. The van der Waals surface area contributed by atoms with Gasteiger partial charge in [0.25, 0.3) is 0 Å². The molecule has 108 valence electrons. The van der Waals surface area contributed by atoms with E-state index in [1.807, 2.05) is 19.1 Å². The van der Waals surface area contributed by atoms with E-state index in [1.54, 1.807) is 0 Å². The van der Waals surface area contributed by atoms with Gasteiger partial charge >= 0.3 is 8.56 Å². The Bertz CT molecular complexity index is 203. The fourth-order valence-electron chi connectivity index (χ4n) is 1.76. The lowest BCUT2D eigenvalue weighted by atomic mass is 10.1. The molecule has 0 aromatic rings. The molecule has 0 saturated heterocycles. The summed E-state index contributed by atoms with van der Waals surface area (Å²) in [5.74, 6) is 0. The Hall–Kier alpha value is -0.123. The Balaban J connectivity index is 3.35. The van der Waals surface area contributed by atoms with Gasteiger partial charge in [-0.15, -0.1) is 0 Å². The summed E-state index contributed by atoms with van der Waals surface area (Å²) < 4.78 is 11.6. The van der Waals surface area contributed by atoms with E-state index in [-0.39, 0.29) is 0 Å². The molecule has 0 unspecified atom stereocenters. The molecule has 0 fully saturated rings. The van der Waals surface area contributed by atoms with Gasteiger partial charge in [-0.1, -0.05) is 57.6 Å². The summed E-state index contributed by atoms with van der Waals surface area (Å²) in [5, 5.41) is 0.